The molecular formula is C47H60N2O10Si2. The summed E-state index contributed by atoms with van der Waals surface area (Å²) in [5.41, 5.74) is 0.642. The quantitative estimate of drug-likeness (QED) is 0.114. The molecule has 2 aliphatic rings. The Morgan fingerprint density at radius 3 is 1.92 bits per heavy atom. The minimum atomic E-state index is -1.87. The van der Waals surface area contributed by atoms with Crippen LogP contribution in [0.5, 0.6) is 17.2 Å². The zero-order chi connectivity index (χ0) is 45.5. The Kier molecular flexibility index (Phi) is 13.8. The fourth-order valence-corrected chi connectivity index (χ4v) is 8.92. The average Bonchev–Trinajstić information content (AvgIpc) is 3.66. The molecule has 12 nitrogen and oxygen atoms in total. The summed E-state index contributed by atoms with van der Waals surface area (Å²) >= 11 is 0. The molecule has 0 amide bonds. The summed E-state index contributed by atoms with van der Waals surface area (Å²) in [6.07, 6.45) is 0.863. The third-order valence-electron chi connectivity index (χ3n) is 11.6. The molecule has 1 N–H and O–H groups in total. The van der Waals surface area contributed by atoms with E-state index in [1.807, 2.05) is 91.8 Å². The molecule has 6 radical (unpaired) electrons. The molecule has 3 aromatic rings. The lowest BCUT2D eigenvalue weighted by Crippen LogP contribution is -2.57. The van der Waals surface area contributed by atoms with Gasteiger partial charge in [-0.1, -0.05) is 65.8 Å². The van der Waals surface area contributed by atoms with Crippen LogP contribution in [0.15, 0.2) is 48.5 Å². The number of ketones is 1. The molecule has 2 unspecified atom stereocenters. The zero-order valence-electron chi connectivity index (χ0n) is 37.7. The number of ether oxygens (including phenoxy) is 5. The fourth-order valence-electron chi connectivity index (χ4n) is 8.58. The predicted octanol–water partition coefficient (Wildman–Crippen LogP) is 7.32. The molecule has 0 aromatic heterocycles. The van der Waals surface area contributed by atoms with Gasteiger partial charge in [0.05, 0.1) is 18.6 Å². The first-order valence-electron chi connectivity index (χ1n) is 20.5. The maximum atomic E-state index is 15.0. The Hall–Kier alpha value is -4.51. The summed E-state index contributed by atoms with van der Waals surface area (Å²) in [7, 11) is 10.6. The molecule has 0 saturated carbocycles. The van der Waals surface area contributed by atoms with Gasteiger partial charge in [-0.2, -0.15) is 0 Å². The number of carbonyl (C=O) groups is 4. The molecule has 3 atom stereocenters. The maximum Gasteiger partial charge on any atom is 0.325 e. The van der Waals surface area contributed by atoms with Gasteiger partial charge in [-0.3, -0.25) is 19.2 Å². The van der Waals surface area contributed by atoms with Gasteiger partial charge >= 0.3 is 17.9 Å². The molecule has 61 heavy (non-hydrogen) atoms. The van der Waals surface area contributed by atoms with Crippen LogP contribution in [0.3, 0.4) is 0 Å². The van der Waals surface area contributed by atoms with Crippen LogP contribution >= 0.6 is 0 Å². The number of hydrogen-bond acceptors (Lipinski definition) is 11. The highest BCUT2D eigenvalue weighted by atomic mass is 28.2. The van der Waals surface area contributed by atoms with Gasteiger partial charge in [-0.15, -0.1) is 0 Å². The Balaban J connectivity index is 1.45. The van der Waals surface area contributed by atoms with E-state index in [-0.39, 0.29) is 29.8 Å². The van der Waals surface area contributed by atoms with Crippen molar-refractivity contribution >= 4 is 44.5 Å². The van der Waals surface area contributed by atoms with Crippen molar-refractivity contribution in [3.63, 3.8) is 0 Å². The number of esters is 2. The molecule has 0 spiro atoms. The van der Waals surface area contributed by atoms with Crippen molar-refractivity contribution in [2.24, 2.45) is 10.8 Å². The molecule has 3 aromatic carbocycles. The van der Waals surface area contributed by atoms with Crippen molar-refractivity contribution in [2.45, 2.75) is 118 Å². The summed E-state index contributed by atoms with van der Waals surface area (Å²) in [5.74, 6) is -1.15. The van der Waals surface area contributed by atoms with E-state index in [1.54, 1.807) is 49.2 Å². The van der Waals surface area contributed by atoms with Crippen LogP contribution in [0, 0.1) is 24.7 Å². The summed E-state index contributed by atoms with van der Waals surface area (Å²) in [6.45, 7) is 19.1. The average molecular weight is 869 g/mol. The number of Topliss-reactive ketones (excluding diaryl/α,β-unsaturated/α-hetero) is 1. The van der Waals surface area contributed by atoms with E-state index in [4.69, 9.17) is 23.7 Å². The summed E-state index contributed by atoms with van der Waals surface area (Å²) in [4.78, 5) is 54.3. The topological polar surface area (TPSA) is 141 Å². The number of aliphatic carboxylic acids is 1. The first-order valence-corrected chi connectivity index (χ1v) is 21.4. The number of carboxylic acid groups (broad SMARTS) is 1. The van der Waals surface area contributed by atoms with Crippen molar-refractivity contribution in [1.82, 2.24) is 9.13 Å². The second-order valence-corrected chi connectivity index (χ2v) is 20.9. The van der Waals surface area contributed by atoms with Crippen molar-refractivity contribution in [3.8, 4) is 28.4 Å². The molecule has 2 aliphatic heterocycles. The number of nitrogens with zero attached hydrogens (tertiary/aromatic N) is 2. The van der Waals surface area contributed by atoms with Gasteiger partial charge in [-0.25, -0.2) is 0 Å². The lowest BCUT2D eigenvalue weighted by atomic mass is 9.80. The number of rotatable bonds is 16. The molecule has 2 heterocycles. The van der Waals surface area contributed by atoms with Crippen molar-refractivity contribution in [2.75, 3.05) is 33.9 Å². The first kappa shape index (κ1) is 47.5. The van der Waals surface area contributed by atoms with Gasteiger partial charge in [0, 0.05) is 17.5 Å². The number of aryl methyl sites for hydroxylation is 1. The second kappa shape index (κ2) is 17.7. The fraction of sp³-hybridized carbons (Fsp3) is 0.532. The largest absolute Gasteiger partial charge is 0.492 e. The third-order valence-corrected chi connectivity index (χ3v) is 12.6. The Morgan fingerprint density at radius 1 is 0.820 bits per heavy atom. The van der Waals surface area contributed by atoms with Crippen molar-refractivity contribution < 1.29 is 48.0 Å². The lowest BCUT2D eigenvalue weighted by molar-refractivity contribution is -0.167. The van der Waals surface area contributed by atoms with Crippen LogP contribution in [0.25, 0.3) is 11.1 Å². The van der Waals surface area contributed by atoms with Gasteiger partial charge in [0.25, 0.3) is 0 Å². The zero-order valence-corrected chi connectivity index (χ0v) is 39.7. The van der Waals surface area contributed by atoms with Gasteiger partial charge in [-0.05, 0) is 111 Å². The molecule has 0 bridgehead atoms. The molecule has 14 heteroatoms. The number of hydrogen-bond donors (Lipinski definition) is 1. The highest BCUT2D eigenvalue weighted by Gasteiger charge is 2.54. The molecular weight excluding hydrogens is 809 g/mol. The van der Waals surface area contributed by atoms with Crippen LogP contribution in [-0.2, 0) is 30.5 Å². The Morgan fingerprint density at radius 2 is 1.39 bits per heavy atom. The molecule has 0 fully saturated rings. The molecule has 0 saturated heterocycles. The number of benzene rings is 3. The van der Waals surface area contributed by atoms with Gasteiger partial charge < -0.3 is 37.9 Å². The van der Waals surface area contributed by atoms with Gasteiger partial charge in [0.1, 0.15) is 69.0 Å². The third kappa shape index (κ3) is 10.4. The molecule has 326 valence electrons. The number of carbonyl (C=O) groups excluding carboxylic acids is 3. The minimum absolute atomic E-state index is 0.000255. The molecule has 5 rings (SSSR count). The SMILES string of the molecule is Cc1cc2c(c(C)c1-c1cccc(COc3ccc4c(c3)OC[C@H]4CC(=O)O)c1)C(=O)C(COC(=O)C(C)(CC(C)(C)C)N(C)[Si])(COC(=O)C(C)(CC(C)(C)C)N(C)[Si])O2. The first-order chi connectivity index (χ1) is 28.2. The van der Waals surface area contributed by atoms with Crippen LogP contribution in [0.1, 0.15) is 113 Å². The Bertz CT molecular complexity index is 2120. The smallest absolute Gasteiger partial charge is 0.325 e. The summed E-state index contributed by atoms with van der Waals surface area (Å²) in [6, 6.07) is 15.1. The number of carboxylic acids is 1. The lowest BCUT2D eigenvalue weighted by Gasteiger charge is -2.40. The standard InChI is InChI=1S/C47H60N2O10Si2/c1-28-18-36-39(29(2)38(28)31-15-13-14-30(19-31)22-55-33-16-17-34-32(20-37(50)51)23-56-35(34)21-33)40(52)47(59-36,26-57-41(53)45(9,48(11)60)24-43(3,4)5)27-58-42(54)46(10,49(12)61)25-44(6,7)8/h13-19,21,32H,20,22-27H2,1-12H3,(H,50,51)/t32-,45?,46?,47?/m1/s1. The summed E-state index contributed by atoms with van der Waals surface area (Å²) < 4.78 is 33.8. The van der Waals surface area contributed by atoms with Crippen molar-refractivity contribution in [1.29, 1.82) is 0 Å². The monoisotopic (exact) mass is 868 g/mol. The van der Waals surface area contributed by atoms with Gasteiger partial charge in [0.15, 0.2) is 0 Å². The van der Waals surface area contributed by atoms with Crippen LogP contribution in [0.2, 0.25) is 0 Å². The van der Waals surface area contributed by atoms with E-state index >= 15 is 0 Å². The van der Waals surface area contributed by atoms with E-state index in [0.717, 1.165) is 27.8 Å². The molecule has 0 aliphatic carbocycles. The number of likely N-dealkylation sites (N-methyl/N-ethyl adjacent to an activating group) is 2. The highest BCUT2D eigenvalue weighted by molar-refractivity contribution is 6.11. The van der Waals surface area contributed by atoms with Crippen LogP contribution in [-0.4, -0.2) is 109 Å². The minimum Gasteiger partial charge on any atom is -0.492 e. The number of fused-ring (bicyclic) bond motifs is 2. The van der Waals surface area contributed by atoms with E-state index in [1.165, 1.54) is 0 Å². The normalized spacial score (nSPS) is 19.3. The van der Waals surface area contributed by atoms with Gasteiger partial charge in [0.2, 0.25) is 11.4 Å². The maximum absolute atomic E-state index is 15.0. The van der Waals surface area contributed by atoms with Crippen LogP contribution < -0.4 is 14.2 Å². The van der Waals surface area contributed by atoms with Crippen molar-refractivity contribution in [3.05, 3.63) is 76.3 Å². The second-order valence-electron chi connectivity index (χ2n) is 19.6. The van der Waals surface area contributed by atoms with E-state index in [0.29, 0.717) is 47.8 Å². The predicted molar refractivity (Wildman–Crippen MR) is 234 cm³/mol. The summed E-state index contributed by atoms with van der Waals surface area (Å²) in [5, 5.41) is 9.26. The highest BCUT2D eigenvalue weighted by Crippen LogP contribution is 2.45. The van der Waals surface area contributed by atoms with E-state index < -0.39 is 53.6 Å². The Labute approximate surface area is 367 Å². The van der Waals surface area contributed by atoms with E-state index in [9.17, 15) is 24.3 Å². The van der Waals surface area contributed by atoms with Crippen LogP contribution in [0.4, 0.5) is 0 Å². The van der Waals surface area contributed by atoms with E-state index in [2.05, 4.69) is 20.8 Å².